The minimum absolute atomic E-state index is 0.0666. The smallest absolute Gasteiger partial charge is 0.316 e. The van der Waals surface area contributed by atoms with E-state index in [1.807, 2.05) is 6.92 Å². The Labute approximate surface area is 90.7 Å². The van der Waals surface area contributed by atoms with Gasteiger partial charge in [0.05, 0.1) is 12.0 Å². The van der Waals surface area contributed by atoms with Gasteiger partial charge >= 0.3 is 5.97 Å². The van der Waals surface area contributed by atoms with Crippen molar-refractivity contribution in [3.63, 3.8) is 0 Å². The first-order chi connectivity index (χ1) is 7.29. The fourth-order valence-corrected chi connectivity index (χ4v) is 3.86. The Morgan fingerprint density at radius 2 is 2.47 bits per heavy atom. The predicted molar refractivity (Wildman–Crippen MR) is 57.2 cm³/mol. The van der Waals surface area contributed by atoms with Gasteiger partial charge < -0.3 is 4.74 Å². The molecule has 0 saturated heterocycles. The molecule has 0 aliphatic heterocycles. The number of hydrogen-bond acceptors (Lipinski definition) is 2. The average Bonchev–Trinajstić information content (AvgIpc) is 2.69. The number of hydrogen-bond donors (Lipinski definition) is 0. The van der Waals surface area contributed by atoms with Gasteiger partial charge in [-0.15, -0.1) is 0 Å². The first-order valence-corrected chi connectivity index (χ1v) is 6.18. The molecule has 4 bridgehead atoms. The van der Waals surface area contributed by atoms with Gasteiger partial charge in [-0.1, -0.05) is 24.5 Å². The molecule has 2 heteroatoms. The van der Waals surface area contributed by atoms with Crippen molar-refractivity contribution in [2.24, 2.45) is 17.3 Å². The van der Waals surface area contributed by atoms with E-state index in [1.54, 1.807) is 0 Å². The normalized spacial score (nSPS) is 41.5. The van der Waals surface area contributed by atoms with Crippen LogP contribution in [0.15, 0.2) is 11.6 Å². The van der Waals surface area contributed by atoms with Crippen molar-refractivity contribution in [1.29, 1.82) is 0 Å². The van der Waals surface area contributed by atoms with Crippen molar-refractivity contribution in [3.8, 4) is 0 Å². The van der Waals surface area contributed by atoms with Crippen molar-refractivity contribution in [1.82, 2.24) is 0 Å². The second-order valence-corrected chi connectivity index (χ2v) is 5.10. The molecule has 4 aliphatic carbocycles. The molecule has 82 valence electrons. The van der Waals surface area contributed by atoms with E-state index in [4.69, 9.17) is 4.74 Å². The van der Waals surface area contributed by atoms with Crippen LogP contribution in [-0.2, 0) is 9.53 Å². The van der Waals surface area contributed by atoms with Crippen LogP contribution in [-0.4, -0.2) is 12.6 Å². The van der Waals surface area contributed by atoms with E-state index >= 15 is 0 Å². The molecule has 0 aromatic carbocycles. The fraction of sp³-hybridized carbons (Fsp3) is 0.769. The van der Waals surface area contributed by atoms with Gasteiger partial charge in [-0.2, -0.15) is 0 Å². The third kappa shape index (κ3) is 1.03. The summed E-state index contributed by atoms with van der Waals surface area (Å²) in [6.45, 7) is 2.42. The van der Waals surface area contributed by atoms with E-state index in [2.05, 4.69) is 6.08 Å². The maximum atomic E-state index is 12.1. The van der Waals surface area contributed by atoms with E-state index in [9.17, 15) is 4.79 Å². The first-order valence-electron chi connectivity index (χ1n) is 6.18. The monoisotopic (exact) mass is 206 g/mol. The van der Waals surface area contributed by atoms with Crippen LogP contribution in [0.3, 0.4) is 0 Å². The Morgan fingerprint density at radius 3 is 3.27 bits per heavy atom. The molecule has 0 spiro atoms. The van der Waals surface area contributed by atoms with Gasteiger partial charge in [0.25, 0.3) is 0 Å². The zero-order valence-electron chi connectivity index (χ0n) is 9.29. The highest BCUT2D eigenvalue weighted by molar-refractivity contribution is 5.85. The second kappa shape index (κ2) is 3.10. The van der Waals surface area contributed by atoms with Crippen molar-refractivity contribution in [3.05, 3.63) is 11.6 Å². The molecule has 0 aromatic rings. The highest BCUT2D eigenvalue weighted by Crippen LogP contribution is 2.65. The number of allylic oxidation sites excluding steroid dienone is 1. The van der Waals surface area contributed by atoms with Gasteiger partial charge in [-0.25, -0.2) is 0 Å². The summed E-state index contributed by atoms with van der Waals surface area (Å²) >= 11 is 0. The SMILES string of the molecule is CCOC(=O)C12CCCCC3CC1C=C32. The zero-order valence-corrected chi connectivity index (χ0v) is 9.29. The number of esters is 1. The maximum absolute atomic E-state index is 12.1. The summed E-state index contributed by atoms with van der Waals surface area (Å²) in [5, 5.41) is 0. The highest BCUT2D eigenvalue weighted by Gasteiger charge is 2.62. The molecule has 4 rings (SSSR count). The maximum Gasteiger partial charge on any atom is 0.316 e. The first kappa shape index (κ1) is 9.44. The molecular formula is C13H18O2. The summed E-state index contributed by atoms with van der Waals surface area (Å²) in [5.74, 6) is 1.29. The van der Waals surface area contributed by atoms with Gasteiger partial charge in [0.1, 0.15) is 0 Å². The van der Waals surface area contributed by atoms with Crippen LogP contribution >= 0.6 is 0 Å². The molecule has 2 nitrogen and oxygen atoms in total. The van der Waals surface area contributed by atoms with Crippen molar-refractivity contribution in [2.45, 2.75) is 39.0 Å². The standard InChI is InChI=1S/C13H18O2/c1-2-15-12(14)13-6-4-3-5-9-7-10(13)8-11(9)13/h8-10H,2-7H2,1H3. The van der Waals surface area contributed by atoms with Gasteiger partial charge in [0, 0.05) is 0 Å². The lowest BCUT2D eigenvalue weighted by Gasteiger charge is -2.40. The molecule has 2 saturated carbocycles. The van der Waals surface area contributed by atoms with Crippen LogP contribution in [0.5, 0.6) is 0 Å². The Morgan fingerprint density at radius 1 is 1.60 bits per heavy atom. The molecule has 3 atom stereocenters. The predicted octanol–water partition coefficient (Wildman–Crippen LogP) is 2.69. The van der Waals surface area contributed by atoms with Crippen LogP contribution in [0.4, 0.5) is 0 Å². The molecular weight excluding hydrogens is 188 g/mol. The van der Waals surface area contributed by atoms with Gasteiger partial charge in [0.2, 0.25) is 0 Å². The second-order valence-electron chi connectivity index (χ2n) is 5.10. The van der Waals surface area contributed by atoms with Crippen LogP contribution in [0.2, 0.25) is 0 Å². The summed E-state index contributed by atoms with van der Waals surface area (Å²) in [7, 11) is 0. The number of carbonyl (C=O) groups is 1. The van der Waals surface area contributed by atoms with Gasteiger partial charge in [0.15, 0.2) is 0 Å². The molecule has 2 fully saturated rings. The minimum Gasteiger partial charge on any atom is -0.465 e. The molecule has 3 unspecified atom stereocenters. The summed E-state index contributed by atoms with van der Waals surface area (Å²) < 4.78 is 5.28. The molecule has 15 heavy (non-hydrogen) atoms. The molecule has 0 amide bonds. The third-order valence-electron chi connectivity index (χ3n) is 4.52. The Hall–Kier alpha value is -0.790. The van der Waals surface area contributed by atoms with E-state index in [0.717, 1.165) is 6.42 Å². The molecule has 0 heterocycles. The Kier molecular flexibility index (Phi) is 1.95. The topological polar surface area (TPSA) is 26.3 Å². The van der Waals surface area contributed by atoms with Crippen molar-refractivity contribution in [2.75, 3.05) is 6.61 Å². The highest BCUT2D eigenvalue weighted by atomic mass is 16.5. The largest absolute Gasteiger partial charge is 0.465 e. The van der Waals surface area contributed by atoms with E-state index in [1.165, 1.54) is 31.3 Å². The molecule has 0 radical (unpaired) electrons. The summed E-state index contributed by atoms with van der Waals surface area (Å²) in [4.78, 5) is 12.1. The molecule has 0 N–H and O–H groups in total. The van der Waals surface area contributed by atoms with E-state index in [0.29, 0.717) is 18.4 Å². The van der Waals surface area contributed by atoms with Gasteiger partial charge in [-0.3, -0.25) is 4.79 Å². The summed E-state index contributed by atoms with van der Waals surface area (Å²) in [5.41, 5.74) is 1.28. The van der Waals surface area contributed by atoms with E-state index in [-0.39, 0.29) is 11.4 Å². The van der Waals surface area contributed by atoms with Crippen molar-refractivity contribution < 1.29 is 9.53 Å². The lowest BCUT2D eigenvalue weighted by atomic mass is 9.64. The summed E-state index contributed by atoms with van der Waals surface area (Å²) in [6.07, 6.45) is 8.38. The van der Waals surface area contributed by atoms with Crippen LogP contribution in [0, 0.1) is 17.3 Å². The lowest BCUT2D eigenvalue weighted by molar-refractivity contribution is -0.156. The van der Waals surface area contributed by atoms with E-state index < -0.39 is 0 Å². The minimum atomic E-state index is -0.156. The molecule has 4 aliphatic rings. The average molecular weight is 206 g/mol. The molecule has 0 aromatic heterocycles. The quantitative estimate of drug-likeness (QED) is 0.513. The van der Waals surface area contributed by atoms with Gasteiger partial charge in [-0.05, 0) is 38.0 Å². The number of carbonyl (C=O) groups excluding carboxylic acids is 1. The lowest BCUT2D eigenvalue weighted by Crippen LogP contribution is -2.42. The van der Waals surface area contributed by atoms with Crippen LogP contribution in [0.25, 0.3) is 0 Å². The number of rotatable bonds is 2. The number of ether oxygens (including phenoxy) is 1. The zero-order chi connectivity index (χ0) is 10.5. The Bertz CT molecular complexity index is 331. The van der Waals surface area contributed by atoms with Crippen molar-refractivity contribution >= 4 is 5.97 Å². The van der Waals surface area contributed by atoms with Crippen LogP contribution < -0.4 is 0 Å². The van der Waals surface area contributed by atoms with Crippen LogP contribution in [0.1, 0.15) is 39.0 Å². The third-order valence-corrected chi connectivity index (χ3v) is 4.52. The fourth-order valence-electron chi connectivity index (χ4n) is 3.86. The Balaban J connectivity index is 1.91. The summed E-state index contributed by atoms with van der Waals surface area (Å²) in [6, 6.07) is 0.